The second kappa shape index (κ2) is 18.9. The molecule has 0 aliphatic carbocycles. The zero-order valence-corrected chi connectivity index (χ0v) is 43.9. The van der Waals surface area contributed by atoms with E-state index in [0.717, 1.165) is 83.5 Å². The molecule has 10 rings (SSSR count). The topological polar surface area (TPSA) is 56.7 Å². The molecule has 5 nitrogen and oxygen atoms in total. The van der Waals surface area contributed by atoms with E-state index in [2.05, 4.69) is 159 Å². The Morgan fingerprint density at radius 2 is 1.36 bits per heavy atom. The van der Waals surface area contributed by atoms with Crippen molar-refractivity contribution < 1.29 is 30.0 Å². The summed E-state index contributed by atoms with van der Waals surface area (Å²) < 4.78 is 41.0. The molecular weight excluding hydrogens is 1050 g/mol. The summed E-state index contributed by atoms with van der Waals surface area (Å²) in [5.74, 6) is 7.47. The minimum absolute atomic E-state index is 0. The molecule has 66 heavy (non-hydrogen) atoms. The SMILES string of the molecule is Cc1nc2nc(-c3[c-]ccc4c3oc3ccccc34)n(-c3c(C(C)C)cc(-c4ccccc4)cc3C(C)C)c2c2ccccc12.[2H]C([2H])([2H])c1c[c-]c(-c2cc(C([2H])(C)C)[c]([Ge]([CH3])([CH3])[CH3])cn2)cc1.[Ir]. The first-order valence-corrected chi connectivity index (χ1v) is 29.9. The van der Waals surface area contributed by atoms with Gasteiger partial charge >= 0.3 is 131 Å². The van der Waals surface area contributed by atoms with E-state index in [0.29, 0.717) is 0 Å². The van der Waals surface area contributed by atoms with Gasteiger partial charge < -0.3 is 8.98 Å². The molecule has 0 saturated heterocycles. The molecular formula is C59H58GeIrN4O-2. The molecule has 10 aromatic rings. The van der Waals surface area contributed by atoms with Crippen LogP contribution in [-0.4, -0.2) is 32.8 Å². The van der Waals surface area contributed by atoms with Crippen molar-refractivity contribution in [2.75, 3.05) is 0 Å². The maximum atomic E-state index is 8.49. The van der Waals surface area contributed by atoms with Crippen LogP contribution in [0.25, 0.3) is 83.3 Å². The molecule has 0 aliphatic rings. The minimum Gasteiger partial charge on any atom is 0 e. The summed E-state index contributed by atoms with van der Waals surface area (Å²) in [4.78, 5) is 15.0. The Bertz CT molecular complexity index is 3500. The van der Waals surface area contributed by atoms with Crippen LogP contribution in [0, 0.1) is 25.9 Å². The van der Waals surface area contributed by atoms with Crippen LogP contribution in [0.5, 0.6) is 0 Å². The van der Waals surface area contributed by atoms with Crippen LogP contribution in [0.3, 0.4) is 0 Å². The van der Waals surface area contributed by atoms with Gasteiger partial charge in [0.25, 0.3) is 0 Å². The van der Waals surface area contributed by atoms with Gasteiger partial charge in [0.15, 0.2) is 5.65 Å². The first-order chi connectivity index (χ1) is 32.7. The van der Waals surface area contributed by atoms with Crippen LogP contribution in [-0.2, 0) is 20.1 Å². The second-order valence-corrected chi connectivity index (χ2v) is 29.5. The number of pyridine rings is 2. The van der Waals surface area contributed by atoms with Gasteiger partial charge in [-0.2, -0.15) is 0 Å². The average molecular weight is 1110 g/mol. The van der Waals surface area contributed by atoms with Crippen molar-refractivity contribution in [2.24, 2.45) is 0 Å². The fourth-order valence-electron chi connectivity index (χ4n) is 9.01. The molecule has 4 aromatic heterocycles. The zero-order chi connectivity index (χ0) is 49.2. The number of aryl methyl sites for hydroxylation is 2. The van der Waals surface area contributed by atoms with Gasteiger partial charge in [-0.3, -0.25) is 4.98 Å². The van der Waals surface area contributed by atoms with Gasteiger partial charge in [-0.15, -0.1) is 18.2 Å². The van der Waals surface area contributed by atoms with Crippen LogP contribution in [0.15, 0.2) is 138 Å². The second-order valence-electron chi connectivity index (χ2n) is 18.9. The van der Waals surface area contributed by atoms with Crippen molar-refractivity contribution in [1.29, 1.82) is 0 Å². The van der Waals surface area contributed by atoms with E-state index in [1.54, 1.807) is 12.1 Å². The predicted molar refractivity (Wildman–Crippen MR) is 277 cm³/mol. The standard InChI is InChI=1S/C41H34N3O.C18H24GeN.Ir/c1-24(2)34-22-28(27-14-7-6-8-15-27)23-35(25(3)4)37(34)44-38-31-18-10-9-16-29(31)26(5)42-40(38)43-41(44)33-20-13-19-32-30-17-11-12-21-36(30)45-39(32)33;1-13(2)16-11-18(15-9-7-14(3)8-10-15)20-12-17(16)19(4,5)6;/h6-19,21-25H,1-5H3;7-9,11-13H,1-6H3;/q2*-1;/i;3D3,13D;. The largest absolute Gasteiger partial charge is 0 e. The third-order valence-electron chi connectivity index (χ3n) is 12.3. The normalized spacial score (nSPS) is 13.1. The number of aromatic nitrogens is 4. The molecule has 0 bridgehead atoms. The Kier molecular flexibility index (Phi) is 12.0. The number of nitrogens with zero attached hydrogens (tertiary/aromatic N) is 4. The van der Waals surface area contributed by atoms with Gasteiger partial charge in [0.05, 0.1) is 16.9 Å². The predicted octanol–water partition coefficient (Wildman–Crippen LogP) is 15.7. The molecule has 0 spiro atoms. The molecule has 335 valence electrons. The molecule has 1 radical (unpaired) electrons. The Balaban J connectivity index is 0.000000224. The van der Waals surface area contributed by atoms with Gasteiger partial charge in [0.1, 0.15) is 5.58 Å². The molecule has 0 atom stereocenters. The number of hydrogen-bond donors (Lipinski definition) is 0. The number of rotatable bonds is 8. The average Bonchev–Trinajstić information content (AvgIpc) is 3.89. The number of imidazole rings is 1. The number of furan rings is 1. The first-order valence-electron chi connectivity index (χ1n) is 24.6. The third kappa shape index (κ3) is 8.84. The first kappa shape index (κ1) is 41.7. The Morgan fingerprint density at radius 1 is 0.697 bits per heavy atom. The quantitative estimate of drug-likeness (QED) is 0.112. The van der Waals surface area contributed by atoms with Gasteiger partial charge in [0.2, 0.25) is 0 Å². The van der Waals surface area contributed by atoms with Crippen molar-refractivity contribution in [3.63, 3.8) is 0 Å². The van der Waals surface area contributed by atoms with E-state index in [-0.39, 0.29) is 37.5 Å². The number of para-hydroxylation sites is 1. The Labute approximate surface area is 412 Å². The van der Waals surface area contributed by atoms with Gasteiger partial charge in [-0.1, -0.05) is 111 Å². The zero-order valence-electron chi connectivity index (χ0n) is 43.4. The summed E-state index contributed by atoms with van der Waals surface area (Å²) in [6.45, 7) is 12.9. The minimum atomic E-state index is -2.14. The number of benzene rings is 6. The molecule has 0 fully saturated rings. The van der Waals surface area contributed by atoms with Gasteiger partial charge in [-0.05, 0) is 59.2 Å². The van der Waals surface area contributed by atoms with Gasteiger partial charge in [0, 0.05) is 47.6 Å². The van der Waals surface area contributed by atoms with Crippen LogP contribution in [0.1, 0.15) is 92.7 Å². The fourth-order valence-corrected chi connectivity index (χ4v) is 12.3. The molecule has 4 heterocycles. The Hall–Kier alpha value is -5.66. The van der Waals surface area contributed by atoms with Crippen molar-refractivity contribution in [2.45, 2.75) is 90.3 Å². The van der Waals surface area contributed by atoms with E-state index in [1.807, 2.05) is 44.3 Å². The summed E-state index contributed by atoms with van der Waals surface area (Å²) >= 11 is -2.14. The van der Waals surface area contributed by atoms with E-state index in [4.69, 9.17) is 19.9 Å². The van der Waals surface area contributed by atoms with Crippen LogP contribution in [0.2, 0.25) is 17.3 Å². The van der Waals surface area contributed by atoms with Crippen molar-refractivity contribution >= 4 is 61.5 Å². The summed E-state index contributed by atoms with van der Waals surface area (Å²) in [5.41, 5.74) is 14.1. The van der Waals surface area contributed by atoms with Crippen molar-refractivity contribution in [3.05, 3.63) is 174 Å². The fraction of sp³-hybridized carbons (Fsp3) is 0.237. The molecule has 0 aliphatic heterocycles. The maximum absolute atomic E-state index is 8.49. The van der Waals surface area contributed by atoms with E-state index < -0.39 is 26.0 Å². The van der Waals surface area contributed by atoms with Crippen LogP contribution < -0.4 is 4.40 Å². The molecule has 0 saturated carbocycles. The molecule has 7 heteroatoms. The Morgan fingerprint density at radius 3 is 2.00 bits per heavy atom. The summed E-state index contributed by atoms with van der Waals surface area (Å²) in [6.07, 6.45) is 1.91. The third-order valence-corrected chi connectivity index (χ3v) is 16.6. The smallest absolute Gasteiger partial charge is 0 e. The molecule has 0 unspecified atom stereocenters. The monoisotopic (exact) mass is 1110 g/mol. The maximum Gasteiger partial charge on any atom is 0 e. The van der Waals surface area contributed by atoms with Gasteiger partial charge in [-0.25, -0.2) is 4.98 Å². The number of fused-ring (bicyclic) bond motifs is 6. The van der Waals surface area contributed by atoms with E-state index in [1.165, 1.54) is 32.7 Å². The molecule has 0 N–H and O–H groups in total. The van der Waals surface area contributed by atoms with E-state index >= 15 is 0 Å². The van der Waals surface area contributed by atoms with Crippen molar-refractivity contribution in [1.82, 2.24) is 19.5 Å². The summed E-state index contributed by atoms with van der Waals surface area (Å²) in [7, 11) is 0. The summed E-state index contributed by atoms with van der Waals surface area (Å²) in [5, 5.41) is 4.40. The summed E-state index contributed by atoms with van der Waals surface area (Å²) in [6, 6.07) is 49.6. The molecule has 0 amide bonds. The van der Waals surface area contributed by atoms with E-state index in [9.17, 15) is 0 Å². The van der Waals surface area contributed by atoms with Crippen LogP contribution in [0.4, 0.5) is 0 Å². The number of hydrogen-bond acceptors (Lipinski definition) is 4. The van der Waals surface area contributed by atoms with Crippen LogP contribution >= 0.6 is 0 Å². The van der Waals surface area contributed by atoms with Crippen molar-refractivity contribution in [3.8, 4) is 39.5 Å². The molecule has 6 aromatic carbocycles.